The predicted molar refractivity (Wildman–Crippen MR) is 140 cm³/mol. The molecule has 0 spiro atoms. The number of nitrogens with one attached hydrogen (secondary N) is 1. The SMILES string of the molecule is CC(=O)O[C@@H](C)C(=O)NCc1ccc([C@H]2O[C@@H](CN3CC[C@H](O)C3)[C@@H](C)[C@@H](c3ccc(CO)cc3)O2)cc1. The molecule has 6 atom stereocenters. The lowest BCUT2D eigenvalue weighted by Gasteiger charge is -2.42. The van der Waals surface area contributed by atoms with Crippen LogP contribution in [-0.4, -0.2) is 64.9 Å². The number of aliphatic hydroxyl groups excluding tert-OH is 2. The normalized spacial score (nSPS) is 26.6. The van der Waals surface area contributed by atoms with Crippen molar-refractivity contribution in [3.8, 4) is 0 Å². The van der Waals surface area contributed by atoms with Crippen LogP contribution in [0.5, 0.6) is 0 Å². The number of ether oxygens (including phenoxy) is 3. The Bertz CT molecular complexity index is 1080. The van der Waals surface area contributed by atoms with Gasteiger partial charge in [0.25, 0.3) is 5.91 Å². The number of amides is 1. The summed E-state index contributed by atoms with van der Waals surface area (Å²) in [6.07, 6.45) is -1.28. The molecule has 0 aromatic heterocycles. The van der Waals surface area contributed by atoms with Crippen LogP contribution in [0.2, 0.25) is 0 Å². The van der Waals surface area contributed by atoms with Crippen LogP contribution in [0.25, 0.3) is 0 Å². The van der Waals surface area contributed by atoms with E-state index in [1.165, 1.54) is 13.8 Å². The van der Waals surface area contributed by atoms with Crippen LogP contribution in [0.15, 0.2) is 48.5 Å². The van der Waals surface area contributed by atoms with Crippen LogP contribution in [0.4, 0.5) is 0 Å². The highest BCUT2D eigenvalue weighted by molar-refractivity contribution is 5.82. The molecular weight excluding hydrogens is 488 g/mol. The maximum atomic E-state index is 12.1. The van der Waals surface area contributed by atoms with Gasteiger partial charge in [0, 0.05) is 44.6 Å². The van der Waals surface area contributed by atoms with E-state index in [4.69, 9.17) is 14.2 Å². The number of hydrogen-bond acceptors (Lipinski definition) is 8. The van der Waals surface area contributed by atoms with Gasteiger partial charge in [-0.05, 0) is 30.0 Å². The summed E-state index contributed by atoms with van der Waals surface area (Å²) in [4.78, 5) is 25.5. The molecule has 2 aliphatic rings. The molecule has 0 unspecified atom stereocenters. The summed E-state index contributed by atoms with van der Waals surface area (Å²) < 4.78 is 17.9. The van der Waals surface area contributed by atoms with Gasteiger partial charge in [-0.3, -0.25) is 14.5 Å². The Hall–Kier alpha value is -2.82. The lowest BCUT2D eigenvalue weighted by Crippen LogP contribution is -2.44. The third-order valence-electron chi connectivity index (χ3n) is 7.24. The zero-order valence-corrected chi connectivity index (χ0v) is 22.2. The predicted octanol–water partition coefficient (Wildman–Crippen LogP) is 2.60. The van der Waals surface area contributed by atoms with Crippen LogP contribution in [-0.2, 0) is 37.0 Å². The van der Waals surface area contributed by atoms with Crippen molar-refractivity contribution < 1.29 is 34.0 Å². The Morgan fingerprint density at radius 2 is 1.74 bits per heavy atom. The van der Waals surface area contributed by atoms with Crippen molar-refractivity contribution in [1.29, 1.82) is 0 Å². The molecular formula is C29H38N2O7. The smallest absolute Gasteiger partial charge is 0.303 e. The highest BCUT2D eigenvalue weighted by Crippen LogP contribution is 2.42. The van der Waals surface area contributed by atoms with E-state index in [0.717, 1.165) is 35.2 Å². The Morgan fingerprint density at radius 3 is 2.34 bits per heavy atom. The van der Waals surface area contributed by atoms with E-state index in [9.17, 15) is 19.8 Å². The molecule has 3 N–H and O–H groups in total. The second kappa shape index (κ2) is 12.8. The van der Waals surface area contributed by atoms with Crippen molar-refractivity contribution in [3.63, 3.8) is 0 Å². The molecule has 2 heterocycles. The zero-order valence-electron chi connectivity index (χ0n) is 22.2. The van der Waals surface area contributed by atoms with Crippen molar-refractivity contribution in [2.24, 2.45) is 5.92 Å². The molecule has 206 valence electrons. The first-order valence-corrected chi connectivity index (χ1v) is 13.2. The lowest BCUT2D eigenvalue weighted by atomic mass is 9.90. The number of nitrogens with zero attached hydrogens (tertiary/aromatic N) is 1. The van der Waals surface area contributed by atoms with Crippen LogP contribution < -0.4 is 5.32 Å². The number of esters is 1. The summed E-state index contributed by atoms with van der Waals surface area (Å²) in [6, 6.07) is 15.5. The second-order valence-electron chi connectivity index (χ2n) is 10.2. The van der Waals surface area contributed by atoms with Gasteiger partial charge in [-0.1, -0.05) is 55.5 Å². The van der Waals surface area contributed by atoms with Gasteiger partial charge in [0.15, 0.2) is 12.4 Å². The average Bonchev–Trinajstić information content (AvgIpc) is 3.32. The number of carbonyl (C=O) groups excluding carboxylic acids is 2. The van der Waals surface area contributed by atoms with Crippen molar-refractivity contribution in [2.75, 3.05) is 19.6 Å². The largest absolute Gasteiger partial charge is 0.453 e. The van der Waals surface area contributed by atoms with Gasteiger partial charge in [-0.2, -0.15) is 0 Å². The van der Waals surface area contributed by atoms with E-state index in [-0.39, 0.29) is 36.7 Å². The third kappa shape index (κ3) is 7.18. The van der Waals surface area contributed by atoms with Crippen LogP contribution in [0, 0.1) is 5.92 Å². The van der Waals surface area contributed by atoms with Gasteiger partial charge in [-0.15, -0.1) is 0 Å². The fraction of sp³-hybridized carbons (Fsp3) is 0.517. The first kappa shape index (κ1) is 28.2. The van der Waals surface area contributed by atoms with Crippen molar-refractivity contribution in [2.45, 2.75) is 71.0 Å². The molecule has 2 aromatic carbocycles. The fourth-order valence-electron chi connectivity index (χ4n) is 4.99. The number of likely N-dealkylation sites (tertiary alicyclic amines) is 1. The average molecular weight is 527 g/mol. The molecule has 2 aliphatic heterocycles. The van der Waals surface area contributed by atoms with E-state index in [2.05, 4.69) is 17.1 Å². The minimum absolute atomic E-state index is 0.0114. The van der Waals surface area contributed by atoms with Gasteiger partial charge >= 0.3 is 5.97 Å². The molecule has 0 saturated carbocycles. The van der Waals surface area contributed by atoms with Crippen LogP contribution in [0.3, 0.4) is 0 Å². The highest BCUT2D eigenvalue weighted by atomic mass is 16.7. The molecule has 0 bridgehead atoms. The molecule has 2 saturated heterocycles. The summed E-state index contributed by atoms with van der Waals surface area (Å²) in [7, 11) is 0. The van der Waals surface area contributed by atoms with E-state index in [0.29, 0.717) is 19.6 Å². The van der Waals surface area contributed by atoms with Crippen LogP contribution >= 0.6 is 0 Å². The number of β-amino-alcohol motifs (C(OH)–C–C–N with tert-alkyl or cyclic N) is 1. The number of hydrogen-bond donors (Lipinski definition) is 3. The van der Waals surface area contributed by atoms with Gasteiger partial charge in [0.2, 0.25) is 0 Å². The monoisotopic (exact) mass is 526 g/mol. The summed E-state index contributed by atoms with van der Waals surface area (Å²) in [6.45, 7) is 7.40. The van der Waals surface area contributed by atoms with Crippen molar-refractivity contribution in [1.82, 2.24) is 10.2 Å². The van der Waals surface area contributed by atoms with Crippen LogP contribution in [0.1, 0.15) is 61.8 Å². The molecule has 1 amide bonds. The molecule has 9 nitrogen and oxygen atoms in total. The highest BCUT2D eigenvalue weighted by Gasteiger charge is 2.39. The molecule has 9 heteroatoms. The summed E-state index contributed by atoms with van der Waals surface area (Å²) in [5.41, 5.74) is 3.62. The number of benzene rings is 2. The first-order valence-electron chi connectivity index (χ1n) is 13.2. The van der Waals surface area contributed by atoms with Gasteiger partial charge in [0.05, 0.1) is 24.9 Å². The van der Waals surface area contributed by atoms with Crippen molar-refractivity contribution in [3.05, 3.63) is 70.8 Å². The van der Waals surface area contributed by atoms with Gasteiger partial charge in [0.1, 0.15) is 0 Å². The van der Waals surface area contributed by atoms with Gasteiger partial charge < -0.3 is 29.7 Å². The molecule has 38 heavy (non-hydrogen) atoms. The lowest BCUT2D eigenvalue weighted by molar-refractivity contribution is -0.276. The maximum Gasteiger partial charge on any atom is 0.303 e. The number of carbonyl (C=O) groups is 2. The molecule has 2 fully saturated rings. The number of aliphatic hydroxyl groups is 2. The first-order chi connectivity index (χ1) is 18.2. The van der Waals surface area contributed by atoms with Gasteiger partial charge in [-0.25, -0.2) is 0 Å². The maximum absolute atomic E-state index is 12.1. The summed E-state index contributed by atoms with van der Waals surface area (Å²) in [5, 5.41) is 22.2. The van der Waals surface area contributed by atoms with E-state index < -0.39 is 18.4 Å². The zero-order chi connectivity index (χ0) is 27.2. The van der Waals surface area contributed by atoms with E-state index in [1.54, 1.807) is 0 Å². The summed E-state index contributed by atoms with van der Waals surface area (Å²) >= 11 is 0. The van der Waals surface area contributed by atoms with E-state index >= 15 is 0 Å². The minimum Gasteiger partial charge on any atom is -0.453 e. The molecule has 0 aliphatic carbocycles. The Balaban J connectivity index is 1.46. The second-order valence-corrected chi connectivity index (χ2v) is 10.2. The summed E-state index contributed by atoms with van der Waals surface area (Å²) in [5.74, 6) is -0.791. The molecule has 4 rings (SSSR count). The third-order valence-corrected chi connectivity index (χ3v) is 7.24. The standard InChI is InChI=1S/C29H38N2O7/c1-18-26(16-31-13-12-25(34)15-31)37-29(38-27(18)23-8-6-22(17-32)7-9-23)24-10-4-21(5-11-24)14-30-28(35)19(2)36-20(3)33/h4-11,18-19,25-27,29,32,34H,12-17H2,1-3H3,(H,30,35)/t18-,19+,25+,26+,27+,29+/m1/s1. The minimum atomic E-state index is -0.852. The number of rotatable bonds is 9. The molecule has 2 aromatic rings. The Labute approximate surface area is 223 Å². The van der Waals surface area contributed by atoms with E-state index in [1.807, 2.05) is 48.5 Å². The Kier molecular flexibility index (Phi) is 9.51. The molecule has 0 radical (unpaired) electrons. The topological polar surface area (TPSA) is 118 Å². The fourth-order valence-corrected chi connectivity index (χ4v) is 4.99. The Morgan fingerprint density at radius 1 is 1.08 bits per heavy atom. The van der Waals surface area contributed by atoms with Crippen molar-refractivity contribution >= 4 is 11.9 Å². The quantitative estimate of drug-likeness (QED) is 0.427.